The van der Waals surface area contributed by atoms with Crippen molar-refractivity contribution in [3.63, 3.8) is 0 Å². The number of ether oxygens (including phenoxy) is 2. The van der Waals surface area contributed by atoms with Gasteiger partial charge in [0.2, 0.25) is 11.8 Å². The van der Waals surface area contributed by atoms with E-state index in [2.05, 4.69) is 24.0 Å². The van der Waals surface area contributed by atoms with Crippen molar-refractivity contribution in [1.82, 2.24) is 19.6 Å². The molecule has 0 aromatic carbocycles. The number of carboxylic acid groups (broad SMARTS) is 1. The van der Waals surface area contributed by atoms with Crippen LogP contribution in [-0.2, 0) is 19.2 Å². The molecule has 436 valence electrons. The maximum absolute atomic E-state index is 13.7. The molecule has 0 saturated heterocycles. The van der Waals surface area contributed by atoms with Crippen molar-refractivity contribution in [3.8, 4) is 11.8 Å². The molecule has 78 heavy (non-hydrogen) atoms. The van der Waals surface area contributed by atoms with E-state index in [0.29, 0.717) is 102 Å². The van der Waals surface area contributed by atoms with Gasteiger partial charge in [-0.05, 0) is 180 Å². The molecule has 4 atom stereocenters. The van der Waals surface area contributed by atoms with Gasteiger partial charge in [-0.1, -0.05) is 67.5 Å². The van der Waals surface area contributed by atoms with Crippen molar-refractivity contribution in [3.05, 3.63) is 35.7 Å². The van der Waals surface area contributed by atoms with Crippen LogP contribution in [0.5, 0.6) is 11.8 Å². The molecule has 3 N–H and O–H groups in total. The summed E-state index contributed by atoms with van der Waals surface area (Å²) >= 11 is 9.53. The zero-order valence-electron chi connectivity index (χ0n) is 49.2. The number of Topliss-reactive ketones (excluding diaryl/α,β-unsaturated/α-hetero) is 5. The molecule has 16 heteroatoms. The molecule has 8 bridgehead atoms. The summed E-state index contributed by atoms with van der Waals surface area (Å²) in [6, 6.07) is 0.474. The fourth-order valence-electron chi connectivity index (χ4n) is 14.7. The average Bonchev–Trinajstić information content (AvgIpc) is 4.08. The second-order valence-electron chi connectivity index (χ2n) is 27.0. The van der Waals surface area contributed by atoms with Gasteiger partial charge in [0.25, 0.3) is 0 Å². The first-order chi connectivity index (χ1) is 36.5. The second-order valence-corrected chi connectivity index (χ2v) is 27.8. The molecule has 8 fully saturated rings. The Labute approximate surface area is 476 Å². The number of hydrogen-bond donors (Lipinski definition) is 2. The molecule has 10 rings (SSSR count). The topological polar surface area (TPSA) is 203 Å². The van der Waals surface area contributed by atoms with Crippen LogP contribution >= 0.6 is 23.2 Å². The highest BCUT2D eigenvalue weighted by atomic mass is 35.5. The van der Waals surface area contributed by atoms with Crippen LogP contribution < -0.4 is 15.2 Å². The number of allylic oxidation sites excluding steroid dienone is 2. The molecule has 0 spiro atoms. The molecule has 2 aromatic heterocycles. The van der Waals surface area contributed by atoms with E-state index in [9.17, 15) is 33.9 Å². The van der Waals surface area contributed by atoms with Crippen molar-refractivity contribution >= 4 is 70.5 Å². The number of hydrogen-bond acceptors (Lipinski definition) is 11. The van der Waals surface area contributed by atoms with Gasteiger partial charge in [-0.15, -0.1) is 23.2 Å². The van der Waals surface area contributed by atoms with Crippen LogP contribution in [-0.4, -0.2) is 84.1 Å². The lowest BCUT2D eigenvalue weighted by Gasteiger charge is -2.60. The largest absolute Gasteiger partial charge is 0.477 e. The molecule has 0 radical (unpaired) electrons. The van der Waals surface area contributed by atoms with E-state index < -0.39 is 5.97 Å². The Bertz CT molecular complexity index is 2420. The van der Waals surface area contributed by atoms with Gasteiger partial charge in [0.15, 0.2) is 5.78 Å². The quantitative estimate of drug-likeness (QED) is 0.0745. The number of nitrogens with zero attached hydrogens (tertiary/aromatic N) is 4. The minimum atomic E-state index is -1.08. The van der Waals surface area contributed by atoms with Gasteiger partial charge >= 0.3 is 5.97 Å². The van der Waals surface area contributed by atoms with E-state index in [1.54, 1.807) is 44.8 Å². The Morgan fingerprint density at radius 2 is 1.03 bits per heavy atom. The van der Waals surface area contributed by atoms with Crippen molar-refractivity contribution in [2.45, 2.75) is 198 Å². The Kier molecular flexibility index (Phi) is 23.2. The molecule has 0 aliphatic heterocycles. The number of alkyl halides is 2. The zero-order valence-corrected chi connectivity index (χ0v) is 50.7. The lowest BCUT2D eigenvalue weighted by molar-refractivity contribution is -0.122. The maximum atomic E-state index is 13.7. The van der Waals surface area contributed by atoms with E-state index >= 15 is 0 Å². The third-order valence-electron chi connectivity index (χ3n) is 17.4. The van der Waals surface area contributed by atoms with E-state index in [-0.39, 0.29) is 50.9 Å². The monoisotopic (exact) mass is 1120 g/mol. The summed E-state index contributed by atoms with van der Waals surface area (Å²) in [7, 11) is 0. The number of carbonyl (C=O) groups excluding carboxylic acids is 5. The van der Waals surface area contributed by atoms with Crippen LogP contribution in [0.25, 0.3) is 12.4 Å². The van der Waals surface area contributed by atoms with Crippen LogP contribution in [0.4, 0.5) is 0 Å². The third kappa shape index (κ3) is 18.4. The average molecular weight is 1130 g/mol. The molecular formula is C62H95Cl2N5O9. The standard InChI is InChI=1S/C31H46N2O4.C16H24N2O4.C14H23NO.CH2Cl2/c1-20(2)19-37-29-27(18-32-33(29)10-9-30(5,6)14-22(4)35)28(36)13-26-24-11-23-12-25(26)17-31(15-23,16-24)8-7-21(3)34;1-11(2)10-22-14-13(15(20)21)9-17-18(14)7-6-16(4,5)8-12(3)19;1-9(16)2-3-14-6-10-4-11(7-14)13(15)12(5-10)8-14;2-1-3/h9-10,18,20,23-26H,7-8,11-17,19H2,1-6H3;6-7,9,11H,8,10H2,1-5H3,(H,20,21);10-13H,2-8,15H2,1H3;1H2/b10-9+;7-6+;;. The SMILES string of the molecule is CC(=O)CC(C)(C)/C=C/n1ncc(C(=O)O)c1OCC(C)C.CC(=O)CCC12CC3CC(C1)C(CC(=O)c1cnn(/C=C/C(C)(C)CC(C)=O)c1OCC(C)C)C(C3)C2.CC(=O)CCC12CC3CC(C1)C(N)C(C3)C2.ClCCl. The van der Waals surface area contributed by atoms with Gasteiger partial charge in [0, 0.05) is 50.5 Å². The Hall–Kier alpha value is -4.14. The van der Waals surface area contributed by atoms with Crippen molar-refractivity contribution in [2.75, 3.05) is 18.6 Å². The van der Waals surface area contributed by atoms with E-state index in [0.717, 1.165) is 42.9 Å². The number of aromatic nitrogens is 4. The molecule has 4 unspecified atom stereocenters. The molecular weight excluding hydrogens is 1030 g/mol. The fraction of sp³-hybridized carbons (Fsp3) is 0.742. The van der Waals surface area contributed by atoms with E-state index in [1.807, 2.05) is 59.9 Å². The van der Waals surface area contributed by atoms with Gasteiger partial charge < -0.3 is 29.9 Å². The molecule has 14 nitrogen and oxygen atoms in total. The fourth-order valence-corrected chi connectivity index (χ4v) is 14.7. The van der Waals surface area contributed by atoms with E-state index in [1.165, 1.54) is 75.1 Å². The molecule has 2 aromatic rings. The summed E-state index contributed by atoms with van der Waals surface area (Å²) in [5.41, 5.74) is 7.10. The first-order valence-corrected chi connectivity index (χ1v) is 30.0. The van der Waals surface area contributed by atoms with Gasteiger partial charge in [-0.25, -0.2) is 14.2 Å². The first-order valence-electron chi connectivity index (χ1n) is 28.9. The van der Waals surface area contributed by atoms with E-state index in [4.69, 9.17) is 38.4 Å². The van der Waals surface area contributed by atoms with Crippen molar-refractivity contribution in [1.29, 1.82) is 0 Å². The van der Waals surface area contributed by atoms with Gasteiger partial charge in [-0.2, -0.15) is 10.2 Å². The molecule has 8 aliphatic rings. The smallest absolute Gasteiger partial charge is 0.342 e. The van der Waals surface area contributed by atoms with Crippen LogP contribution in [0.3, 0.4) is 0 Å². The predicted molar refractivity (Wildman–Crippen MR) is 310 cm³/mol. The summed E-state index contributed by atoms with van der Waals surface area (Å²) in [6.07, 6.45) is 28.1. The number of aromatic carboxylic acids is 1. The highest BCUT2D eigenvalue weighted by molar-refractivity contribution is 6.40. The number of carbonyl (C=O) groups is 6. The van der Waals surface area contributed by atoms with Crippen molar-refractivity contribution < 1.29 is 43.3 Å². The normalized spacial score (nSPS) is 27.5. The minimum absolute atomic E-state index is 0.0228. The summed E-state index contributed by atoms with van der Waals surface area (Å²) in [6.45, 7) is 23.5. The van der Waals surface area contributed by atoms with Gasteiger partial charge in [-0.3, -0.25) is 14.4 Å². The highest BCUT2D eigenvalue weighted by Gasteiger charge is 2.56. The van der Waals surface area contributed by atoms with Crippen LogP contribution in [0, 0.1) is 74.9 Å². The number of carboxylic acids is 1. The molecule has 2 heterocycles. The lowest BCUT2D eigenvalue weighted by Crippen LogP contribution is -2.56. The number of ketones is 5. The number of rotatable bonds is 24. The summed E-state index contributed by atoms with van der Waals surface area (Å²) in [4.78, 5) is 70.7. The highest BCUT2D eigenvalue weighted by Crippen LogP contribution is 2.65. The zero-order chi connectivity index (χ0) is 57.9. The number of halogens is 2. The maximum Gasteiger partial charge on any atom is 0.342 e. The molecule has 0 amide bonds. The Morgan fingerprint density at radius 3 is 1.40 bits per heavy atom. The minimum Gasteiger partial charge on any atom is -0.477 e. The first kappa shape index (κ1) is 64.7. The third-order valence-corrected chi connectivity index (χ3v) is 17.4. The lowest BCUT2D eigenvalue weighted by atomic mass is 9.45. The van der Waals surface area contributed by atoms with Crippen LogP contribution in [0.1, 0.15) is 213 Å². The Balaban J connectivity index is 0.000000230. The van der Waals surface area contributed by atoms with Crippen LogP contribution in [0.2, 0.25) is 0 Å². The number of nitrogens with two attached hydrogens (primary N) is 1. The molecule has 8 aliphatic carbocycles. The molecule has 8 saturated carbocycles. The van der Waals surface area contributed by atoms with Gasteiger partial charge in [0.1, 0.15) is 28.7 Å². The summed E-state index contributed by atoms with van der Waals surface area (Å²) < 4.78 is 14.8. The summed E-state index contributed by atoms with van der Waals surface area (Å²) in [5, 5.41) is 17.9. The summed E-state index contributed by atoms with van der Waals surface area (Å²) in [5.74, 6) is 6.08. The van der Waals surface area contributed by atoms with Crippen molar-refractivity contribution in [2.24, 2.45) is 80.7 Å². The van der Waals surface area contributed by atoms with Crippen LogP contribution in [0.15, 0.2) is 24.5 Å². The second kappa shape index (κ2) is 28.0. The van der Waals surface area contributed by atoms with Gasteiger partial charge in [0.05, 0.1) is 36.5 Å². The predicted octanol–water partition coefficient (Wildman–Crippen LogP) is 13.8. The Morgan fingerprint density at radius 1 is 0.654 bits per heavy atom.